The number of carbonyl (C=O) groups excluding carboxylic acids is 1. The highest BCUT2D eigenvalue weighted by atomic mass is 16.5. The van der Waals surface area contributed by atoms with Gasteiger partial charge >= 0.3 is 6.03 Å². The number of aryl methyl sites for hydroxylation is 1. The summed E-state index contributed by atoms with van der Waals surface area (Å²) in [5, 5.41) is 19.4. The van der Waals surface area contributed by atoms with Gasteiger partial charge in [0.1, 0.15) is 0 Å². The normalized spacial score (nSPS) is 13.3. The van der Waals surface area contributed by atoms with E-state index in [1.54, 1.807) is 6.92 Å². The van der Waals surface area contributed by atoms with E-state index in [1.807, 2.05) is 37.3 Å². The third kappa shape index (κ3) is 5.07. The molecule has 23 heavy (non-hydrogen) atoms. The van der Waals surface area contributed by atoms with Crippen LogP contribution in [0.25, 0.3) is 0 Å². The van der Waals surface area contributed by atoms with Crippen LogP contribution in [0.2, 0.25) is 0 Å². The summed E-state index contributed by atoms with van der Waals surface area (Å²) in [6, 6.07) is 8.74. The third-order valence-electron chi connectivity index (χ3n) is 3.46. The maximum Gasteiger partial charge on any atom is 0.315 e. The highest BCUT2D eigenvalue weighted by molar-refractivity contribution is 5.74. The van der Waals surface area contributed by atoms with E-state index in [1.165, 1.54) is 0 Å². The molecule has 7 heteroatoms. The van der Waals surface area contributed by atoms with E-state index in [0.717, 1.165) is 5.56 Å². The maximum atomic E-state index is 11.9. The van der Waals surface area contributed by atoms with Crippen molar-refractivity contribution < 1.29 is 14.4 Å². The Bertz CT molecular complexity index is 615. The fourth-order valence-corrected chi connectivity index (χ4v) is 2.18. The van der Waals surface area contributed by atoms with Gasteiger partial charge < -0.3 is 20.3 Å². The van der Waals surface area contributed by atoms with Crippen LogP contribution in [0.15, 0.2) is 34.9 Å². The van der Waals surface area contributed by atoms with Crippen LogP contribution < -0.4 is 10.6 Å². The molecular weight excluding hydrogens is 296 g/mol. The number of aliphatic hydroxyl groups is 1. The summed E-state index contributed by atoms with van der Waals surface area (Å²) < 4.78 is 4.92. The van der Waals surface area contributed by atoms with E-state index < -0.39 is 6.10 Å². The predicted molar refractivity (Wildman–Crippen MR) is 84.6 cm³/mol. The second kappa shape index (κ2) is 8.28. The quantitative estimate of drug-likeness (QED) is 0.727. The van der Waals surface area contributed by atoms with Crippen molar-refractivity contribution in [1.82, 2.24) is 20.8 Å². The lowest BCUT2D eigenvalue weighted by molar-refractivity contribution is 0.166. The third-order valence-corrected chi connectivity index (χ3v) is 3.46. The number of nitrogens with zero attached hydrogens (tertiary/aromatic N) is 2. The molecule has 0 aliphatic rings. The van der Waals surface area contributed by atoms with Crippen molar-refractivity contribution in [2.75, 3.05) is 6.54 Å². The van der Waals surface area contributed by atoms with Crippen LogP contribution in [-0.2, 0) is 0 Å². The molecule has 0 radical (unpaired) electrons. The van der Waals surface area contributed by atoms with Crippen LogP contribution in [0.5, 0.6) is 0 Å². The predicted octanol–water partition coefficient (Wildman–Crippen LogP) is 2.25. The SMILES string of the molecule is CCC(NC(=O)NCCC(O)c1ccccc1)c1noc(C)n1. The lowest BCUT2D eigenvalue weighted by Crippen LogP contribution is -2.38. The summed E-state index contributed by atoms with van der Waals surface area (Å²) in [4.78, 5) is 16.0. The zero-order valence-electron chi connectivity index (χ0n) is 13.3. The summed E-state index contributed by atoms with van der Waals surface area (Å²) in [7, 11) is 0. The molecule has 2 amide bonds. The van der Waals surface area contributed by atoms with Gasteiger partial charge in [-0.05, 0) is 18.4 Å². The molecule has 124 valence electrons. The Kier molecular flexibility index (Phi) is 6.10. The minimum Gasteiger partial charge on any atom is -0.388 e. The van der Waals surface area contributed by atoms with Crippen molar-refractivity contribution in [3.05, 3.63) is 47.6 Å². The number of hydrogen-bond acceptors (Lipinski definition) is 5. The molecule has 0 saturated carbocycles. The van der Waals surface area contributed by atoms with Gasteiger partial charge in [-0.15, -0.1) is 0 Å². The first kappa shape index (κ1) is 17.0. The van der Waals surface area contributed by atoms with Crippen LogP contribution in [0.1, 0.15) is 49.2 Å². The molecule has 0 fully saturated rings. The molecule has 2 aromatic rings. The molecule has 2 unspecified atom stereocenters. The second-order valence-electron chi connectivity index (χ2n) is 5.25. The number of aliphatic hydroxyl groups excluding tert-OH is 1. The van der Waals surface area contributed by atoms with Crippen LogP contribution in [0.4, 0.5) is 4.79 Å². The van der Waals surface area contributed by atoms with Crippen LogP contribution in [0.3, 0.4) is 0 Å². The van der Waals surface area contributed by atoms with Crippen molar-refractivity contribution in [2.24, 2.45) is 0 Å². The Morgan fingerprint density at radius 3 is 2.70 bits per heavy atom. The number of urea groups is 1. The molecule has 0 aliphatic heterocycles. The maximum absolute atomic E-state index is 11.9. The molecule has 3 N–H and O–H groups in total. The molecule has 2 rings (SSSR count). The lowest BCUT2D eigenvalue weighted by atomic mass is 10.1. The van der Waals surface area contributed by atoms with Crippen molar-refractivity contribution in [1.29, 1.82) is 0 Å². The summed E-state index contributed by atoms with van der Waals surface area (Å²) in [5.41, 5.74) is 0.836. The second-order valence-corrected chi connectivity index (χ2v) is 5.25. The molecule has 2 atom stereocenters. The number of nitrogens with one attached hydrogen (secondary N) is 2. The molecular formula is C16H22N4O3. The molecule has 0 saturated heterocycles. The van der Waals surface area contributed by atoms with Gasteiger partial charge in [-0.3, -0.25) is 0 Å². The Labute approximate surface area is 135 Å². The molecule has 1 heterocycles. The van der Waals surface area contributed by atoms with Gasteiger partial charge in [-0.2, -0.15) is 4.98 Å². The zero-order chi connectivity index (χ0) is 16.7. The summed E-state index contributed by atoms with van der Waals surface area (Å²) in [6.45, 7) is 3.99. The highest BCUT2D eigenvalue weighted by Crippen LogP contribution is 2.15. The van der Waals surface area contributed by atoms with Crippen molar-refractivity contribution >= 4 is 6.03 Å². The molecule has 0 bridgehead atoms. The van der Waals surface area contributed by atoms with E-state index >= 15 is 0 Å². The summed E-state index contributed by atoms with van der Waals surface area (Å²) in [6.07, 6.45) is 0.493. The van der Waals surface area contributed by atoms with Crippen molar-refractivity contribution in [3.63, 3.8) is 0 Å². The average Bonchev–Trinajstić information content (AvgIpc) is 2.99. The van der Waals surface area contributed by atoms with Crippen molar-refractivity contribution in [2.45, 2.75) is 38.8 Å². The Morgan fingerprint density at radius 1 is 1.35 bits per heavy atom. The number of hydrogen-bond donors (Lipinski definition) is 3. The molecule has 7 nitrogen and oxygen atoms in total. The minimum absolute atomic E-state index is 0.300. The van der Waals surface area contributed by atoms with Gasteiger partial charge in [0, 0.05) is 13.5 Å². The van der Waals surface area contributed by atoms with Gasteiger partial charge in [-0.25, -0.2) is 4.79 Å². The monoisotopic (exact) mass is 318 g/mol. The topological polar surface area (TPSA) is 100 Å². The molecule has 1 aromatic heterocycles. The van der Waals surface area contributed by atoms with Crippen molar-refractivity contribution in [3.8, 4) is 0 Å². The van der Waals surface area contributed by atoms with Gasteiger partial charge in [-0.1, -0.05) is 42.4 Å². The highest BCUT2D eigenvalue weighted by Gasteiger charge is 2.18. The Balaban J connectivity index is 1.76. The Hall–Kier alpha value is -2.41. The van der Waals surface area contributed by atoms with Crippen LogP contribution in [0, 0.1) is 6.92 Å². The van der Waals surface area contributed by atoms with Gasteiger partial charge in [0.25, 0.3) is 0 Å². The Morgan fingerprint density at radius 2 is 2.09 bits per heavy atom. The number of benzene rings is 1. The number of carbonyl (C=O) groups is 1. The van der Waals surface area contributed by atoms with Gasteiger partial charge in [0.15, 0.2) is 5.82 Å². The largest absolute Gasteiger partial charge is 0.388 e. The standard InChI is InChI=1S/C16H22N4O3/c1-3-13(15-18-11(2)23-20-15)19-16(22)17-10-9-14(21)12-7-5-4-6-8-12/h4-8,13-14,21H,3,9-10H2,1-2H3,(H2,17,19,22). The van der Waals surface area contributed by atoms with Crippen LogP contribution in [-0.4, -0.2) is 27.8 Å². The van der Waals surface area contributed by atoms with E-state index in [2.05, 4.69) is 20.8 Å². The van der Waals surface area contributed by atoms with E-state index in [4.69, 9.17) is 4.52 Å². The average molecular weight is 318 g/mol. The smallest absolute Gasteiger partial charge is 0.315 e. The summed E-state index contributed by atoms with van der Waals surface area (Å²) >= 11 is 0. The molecule has 0 aliphatic carbocycles. The fourth-order valence-electron chi connectivity index (χ4n) is 2.18. The van der Waals surface area contributed by atoms with E-state index in [9.17, 15) is 9.90 Å². The molecule has 1 aromatic carbocycles. The first-order chi connectivity index (χ1) is 11.1. The number of rotatable bonds is 7. The van der Waals surface area contributed by atoms with Crippen LogP contribution >= 0.6 is 0 Å². The number of aromatic nitrogens is 2. The first-order valence-electron chi connectivity index (χ1n) is 7.67. The lowest BCUT2D eigenvalue weighted by Gasteiger charge is -2.15. The zero-order valence-corrected chi connectivity index (χ0v) is 13.3. The fraction of sp³-hybridized carbons (Fsp3) is 0.438. The first-order valence-corrected chi connectivity index (χ1v) is 7.67. The van der Waals surface area contributed by atoms with Gasteiger partial charge in [0.05, 0.1) is 12.1 Å². The number of amides is 2. The van der Waals surface area contributed by atoms with E-state index in [-0.39, 0.29) is 12.1 Å². The van der Waals surface area contributed by atoms with E-state index in [0.29, 0.717) is 31.1 Å². The summed E-state index contributed by atoms with van der Waals surface area (Å²) in [5.74, 6) is 0.927. The minimum atomic E-state index is -0.599. The van der Waals surface area contributed by atoms with Gasteiger partial charge in [0.2, 0.25) is 5.89 Å². The molecule has 0 spiro atoms.